The van der Waals surface area contributed by atoms with Crippen molar-refractivity contribution in [2.75, 3.05) is 17.1 Å². The maximum absolute atomic E-state index is 13.8. The van der Waals surface area contributed by atoms with Crippen molar-refractivity contribution in [3.63, 3.8) is 0 Å². The molecular formula is C26H35Cl2N3O4S. The average molecular weight is 557 g/mol. The van der Waals surface area contributed by atoms with Crippen molar-refractivity contribution in [2.24, 2.45) is 0 Å². The zero-order valence-electron chi connectivity index (χ0n) is 21.9. The third kappa shape index (κ3) is 7.60. The highest BCUT2D eigenvalue weighted by Gasteiger charge is 2.34. The van der Waals surface area contributed by atoms with Crippen LogP contribution in [0.4, 0.5) is 5.69 Å². The number of aryl methyl sites for hydroxylation is 2. The Balaban J connectivity index is 2.58. The monoisotopic (exact) mass is 555 g/mol. The van der Waals surface area contributed by atoms with Crippen LogP contribution in [0.1, 0.15) is 50.8 Å². The molecule has 0 heterocycles. The summed E-state index contributed by atoms with van der Waals surface area (Å²) >= 11 is 12.8. The van der Waals surface area contributed by atoms with Gasteiger partial charge in [-0.25, -0.2) is 8.42 Å². The first-order chi connectivity index (χ1) is 16.6. The van der Waals surface area contributed by atoms with E-state index in [2.05, 4.69) is 5.32 Å². The van der Waals surface area contributed by atoms with E-state index in [1.165, 1.54) is 4.90 Å². The predicted octanol–water partition coefficient (Wildman–Crippen LogP) is 5.10. The van der Waals surface area contributed by atoms with Crippen molar-refractivity contribution in [2.45, 2.75) is 66.1 Å². The molecule has 0 saturated heterocycles. The highest BCUT2D eigenvalue weighted by Crippen LogP contribution is 2.29. The van der Waals surface area contributed by atoms with Crippen molar-refractivity contribution in [1.29, 1.82) is 0 Å². The third-order valence-corrected chi connectivity index (χ3v) is 7.46. The lowest BCUT2D eigenvalue weighted by molar-refractivity contribution is -0.141. The second-order valence-corrected chi connectivity index (χ2v) is 12.6. The Kier molecular flexibility index (Phi) is 9.84. The number of nitrogens with one attached hydrogen (secondary N) is 1. The molecule has 2 amide bonds. The molecule has 0 bridgehead atoms. The fourth-order valence-electron chi connectivity index (χ4n) is 4.00. The Morgan fingerprint density at radius 2 is 1.50 bits per heavy atom. The summed E-state index contributed by atoms with van der Waals surface area (Å²) in [5.74, 6) is -0.894. The number of halogens is 2. The summed E-state index contributed by atoms with van der Waals surface area (Å²) in [6.07, 6.45) is 1.36. The zero-order chi connectivity index (χ0) is 27.4. The SMILES string of the molecule is CCC(C(=O)NC(C)(C)C)N(Cc1c(Cl)cccc1Cl)C(=O)CN(c1c(C)cccc1C)S(C)(=O)=O. The molecule has 0 aliphatic rings. The van der Waals surface area contributed by atoms with Gasteiger partial charge in [-0.3, -0.25) is 13.9 Å². The van der Waals surface area contributed by atoms with Crippen LogP contribution in [-0.4, -0.2) is 49.5 Å². The maximum atomic E-state index is 13.8. The van der Waals surface area contributed by atoms with E-state index in [-0.39, 0.29) is 12.5 Å². The summed E-state index contributed by atoms with van der Waals surface area (Å²) in [5, 5.41) is 3.62. The Morgan fingerprint density at radius 3 is 1.94 bits per heavy atom. The first-order valence-electron chi connectivity index (χ1n) is 11.6. The molecule has 0 fully saturated rings. The Bertz CT molecular complexity index is 1190. The van der Waals surface area contributed by atoms with Gasteiger partial charge in [0.2, 0.25) is 21.8 Å². The van der Waals surface area contributed by atoms with Crippen LogP contribution in [-0.2, 0) is 26.2 Å². The molecule has 0 aliphatic carbocycles. The fraction of sp³-hybridized carbons (Fsp3) is 0.462. The number of benzene rings is 2. The van der Waals surface area contributed by atoms with E-state index in [1.807, 2.05) is 26.8 Å². The smallest absolute Gasteiger partial charge is 0.244 e. The molecule has 7 nitrogen and oxygen atoms in total. The molecule has 2 rings (SSSR count). The number of amides is 2. The third-order valence-electron chi connectivity index (χ3n) is 5.64. The van der Waals surface area contributed by atoms with Gasteiger partial charge in [-0.15, -0.1) is 0 Å². The van der Waals surface area contributed by atoms with Crippen molar-refractivity contribution < 1.29 is 18.0 Å². The number of hydrogen-bond donors (Lipinski definition) is 1. The summed E-state index contributed by atoms with van der Waals surface area (Å²) in [6, 6.07) is 9.53. The van der Waals surface area contributed by atoms with Crippen LogP contribution in [0, 0.1) is 13.8 Å². The van der Waals surface area contributed by atoms with Crippen LogP contribution in [0.3, 0.4) is 0 Å². The van der Waals surface area contributed by atoms with E-state index in [9.17, 15) is 18.0 Å². The van der Waals surface area contributed by atoms with Gasteiger partial charge in [0.25, 0.3) is 0 Å². The second-order valence-electron chi connectivity index (χ2n) is 9.90. The van der Waals surface area contributed by atoms with Gasteiger partial charge in [-0.1, -0.05) is 54.4 Å². The van der Waals surface area contributed by atoms with Crippen LogP contribution in [0.5, 0.6) is 0 Å². The minimum atomic E-state index is -3.83. The van der Waals surface area contributed by atoms with Crippen LogP contribution in [0.2, 0.25) is 10.0 Å². The Hall–Kier alpha value is -2.29. The largest absolute Gasteiger partial charge is 0.350 e. The number of nitrogens with zero attached hydrogens (tertiary/aromatic N) is 2. The number of hydrogen-bond acceptors (Lipinski definition) is 4. The molecule has 1 N–H and O–H groups in total. The highest BCUT2D eigenvalue weighted by molar-refractivity contribution is 7.92. The second kappa shape index (κ2) is 11.8. The standard InChI is InChI=1S/C26H35Cl2N3O4S/c1-8-22(25(33)29-26(4,5)6)30(15-19-20(27)13-10-14-21(19)28)23(32)16-31(36(7,34)35)24-17(2)11-9-12-18(24)3/h9-14,22H,8,15-16H2,1-7H3,(H,29,33). The summed E-state index contributed by atoms with van der Waals surface area (Å²) in [5.41, 5.74) is 1.82. The van der Waals surface area contributed by atoms with E-state index in [1.54, 1.807) is 51.1 Å². The lowest BCUT2D eigenvalue weighted by Gasteiger charge is -2.35. The van der Waals surface area contributed by atoms with Gasteiger partial charge in [0.05, 0.1) is 11.9 Å². The van der Waals surface area contributed by atoms with Gasteiger partial charge in [0.15, 0.2) is 0 Å². The number of sulfonamides is 1. The lowest BCUT2D eigenvalue weighted by Crippen LogP contribution is -2.55. The minimum Gasteiger partial charge on any atom is -0.350 e. The van der Waals surface area contributed by atoms with Gasteiger partial charge in [-0.2, -0.15) is 0 Å². The Labute approximate surface area is 224 Å². The number of carbonyl (C=O) groups is 2. The van der Waals surface area contributed by atoms with Gasteiger partial charge >= 0.3 is 0 Å². The summed E-state index contributed by atoms with van der Waals surface area (Å²) in [7, 11) is -3.83. The molecule has 0 spiro atoms. The molecule has 0 saturated carbocycles. The van der Waals surface area contributed by atoms with E-state index < -0.39 is 34.1 Å². The van der Waals surface area contributed by atoms with Crippen LogP contribution >= 0.6 is 23.2 Å². The molecular weight excluding hydrogens is 521 g/mol. The normalized spacial score (nSPS) is 12.7. The molecule has 2 aromatic carbocycles. The first kappa shape index (κ1) is 29.9. The fourth-order valence-corrected chi connectivity index (χ4v) is 5.48. The number of anilines is 1. The topological polar surface area (TPSA) is 86.8 Å². The minimum absolute atomic E-state index is 0.0578. The lowest BCUT2D eigenvalue weighted by atomic mass is 10.1. The molecule has 0 aliphatic heterocycles. The van der Waals surface area contributed by atoms with Crippen molar-refractivity contribution in [3.8, 4) is 0 Å². The van der Waals surface area contributed by atoms with E-state index in [4.69, 9.17) is 23.2 Å². The van der Waals surface area contributed by atoms with Crippen LogP contribution < -0.4 is 9.62 Å². The van der Waals surface area contributed by atoms with Crippen molar-refractivity contribution in [3.05, 3.63) is 63.1 Å². The number of carbonyl (C=O) groups excluding carboxylic acids is 2. The molecule has 10 heteroatoms. The van der Waals surface area contributed by atoms with Gasteiger partial charge < -0.3 is 10.2 Å². The summed E-state index contributed by atoms with van der Waals surface area (Å²) in [6.45, 7) is 10.4. The predicted molar refractivity (Wildman–Crippen MR) is 147 cm³/mol. The molecule has 1 atom stereocenters. The summed E-state index contributed by atoms with van der Waals surface area (Å²) in [4.78, 5) is 28.5. The Morgan fingerprint density at radius 1 is 1.00 bits per heavy atom. The van der Waals surface area contributed by atoms with E-state index in [0.717, 1.165) is 10.6 Å². The van der Waals surface area contributed by atoms with Crippen molar-refractivity contribution in [1.82, 2.24) is 10.2 Å². The number of rotatable bonds is 9. The zero-order valence-corrected chi connectivity index (χ0v) is 24.2. The average Bonchev–Trinajstić information content (AvgIpc) is 2.72. The quantitative estimate of drug-likeness (QED) is 0.466. The molecule has 1 unspecified atom stereocenters. The van der Waals surface area contributed by atoms with Gasteiger partial charge in [0.1, 0.15) is 12.6 Å². The van der Waals surface area contributed by atoms with Gasteiger partial charge in [0, 0.05) is 27.7 Å². The number of para-hydroxylation sites is 1. The molecule has 0 aromatic heterocycles. The maximum Gasteiger partial charge on any atom is 0.244 e. The summed E-state index contributed by atoms with van der Waals surface area (Å²) < 4.78 is 26.8. The molecule has 2 aromatic rings. The van der Waals surface area contributed by atoms with Crippen LogP contribution in [0.15, 0.2) is 36.4 Å². The van der Waals surface area contributed by atoms with Gasteiger partial charge in [-0.05, 0) is 64.3 Å². The highest BCUT2D eigenvalue weighted by atomic mass is 35.5. The first-order valence-corrected chi connectivity index (χ1v) is 14.3. The molecule has 36 heavy (non-hydrogen) atoms. The van der Waals surface area contributed by atoms with Crippen LogP contribution in [0.25, 0.3) is 0 Å². The van der Waals surface area contributed by atoms with Crippen molar-refractivity contribution >= 4 is 50.7 Å². The molecule has 198 valence electrons. The molecule has 0 radical (unpaired) electrons. The van der Waals surface area contributed by atoms with E-state index >= 15 is 0 Å². The van der Waals surface area contributed by atoms with E-state index in [0.29, 0.717) is 38.8 Å².